The van der Waals surface area contributed by atoms with Crippen LogP contribution in [0.4, 0.5) is 0 Å². The third kappa shape index (κ3) is 5.13. The number of rotatable bonds is 7. The topological polar surface area (TPSA) is 40.5 Å². The molecule has 1 fully saturated rings. The highest BCUT2D eigenvalue weighted by atomic mass is 16.4. The Labute approximate surface area is 118 Å². The van der Waals surface area contributed by atoms with Gasteiger partial charge in [-0.1, -0.05) is 40.5 Å². The van der Waals surface area contributed by atoms with Crippen molar-refractivity contribution in [3.8, 4) is 0 Å². The van der Waals surface area contributed by atoms with Gasteiger partial charge in [0.05, 0.1) is 5.41 Å². The van der Waals surface area contributed by atoms with Gasteiger partial charge in [-0.2, -0.15) is 0 Å². The summed E-state index contributed by atoms with van der Waals surface area (Å²) >= 11 is 0. The molecule has 19 heavy (non-hydrogen) atoms. The van der Waals surface area contributed by atoms with E-state index >= 15 is 0 Å². The Balaban J connectivity index is 2.49. The molecule has 0 unspecified atom stereocenters. The van der Waals surface area contributed by atoms with Crippen molar-refractivity contribution in [2.24, 2.45) is 17.3 Å². The summed E-state index contributed by atoms with van der Waals surface area (Å²) in [5, 5.41) is 9.60. The number of likely N-dealkylation sites (tertiary alicyclic amines) is 1. The molecule has 3 heteroatoms. The molecule has 0 saturated carbocycles. The zero-order chi connectivity index (χ0) is 14.5. The highest BCUT2D eigenvalue weighted by Crippen LogP contribution is 2.37. The summed E-state index contributed by atoms with van der Waals surface area (Å²) in [6, 6.07) is 0. The van der Waals surface area contributed by atoms with Crippen LogP contribution in [0.3, 0.4) is 0 Å². The van der Waals surface area contributed by atoms with E-state index in [9.17, 15) is 9.90 Å². The number of nitrogens with zero attached hydrogens (tertiary/aromatic N) is 1. The minimum atomic E-state index is -0.569. The molecule has 0 atom stereocenters. The molecule has 112 valence electrons. The zero-order valence-electron chi connectivity index (χ0n) is 13.1. The van der Waals surface area contributed by atoms with Crippen LogP contribution in [-0.4, -0.2) is 35.6 Å². The third-order valence-corrected chi connectivity index (χ3v) is 4.33. The lowest BCUT2D eigenvalue weighted by Gasteiger charge is -2.39. The Bertz CT molecular complexity index is 278. The van der Waals surface area contributed by atoms with Gasteiger partial charge >= 0.3 is 5.97 Å². The molecule has 0 amide bonds. The highest BCUT2D eigenvalue weighted by molar-refractivity contribution is 5.74. The summed E-state index contributed by atoms with van der Waals surface area (Å²) < 4.78 is 0. The number of hydrogen-bond acceptors (Lipinski definition) is 2. The maximum atomic E-state index is 11.7. The average Bonchev–Trinajstić information content (AvgIpc) is 2.30. The van der Waals surface area contributed by atoms with E-state index in [4.69, 9.17) is 0 Å². The summed E-state index contributed by atoms with van der Waals surface area (Å²) in [5.74, 6) is 0.769. The lowest BCUT2D eigenvalue weighted by Crippen LogP contribution is -2.45. The molecule has 0 aliphatic carbocycles. The van der Waals surface area contributed by atoms with Crippen molar-refractivity contribution in [3.63, 3.8) is 0 Å². The van der Waals surface area contributed by atoms with Crippen molar-refractivity contribution in [3.05, 3.63) is 0 Å². The van der Waals surface area contributed by atoms with Crippen LogP contribution >= 0.6 is 0 Å². The standard InChI is InChI=1S/C16H31NO2/c1-13(2)6-5-7-16(15(18)19)8-10-17(11-9-16)12-14(3)4/h13-14H,5-12H2,1-4H3,(H,18,19). The Morgan fingerprint density at radius 1 is 1.16 bits per heavy atom. The normalized spacial score (nSPS) is 20.1. The minimum Gasteiger partial charge on any atom is -0.481 e. The van der Waals surface area contributed by atoms with Crippen LogP contribution in [0.2, 0.25) is 0 Å². The van der Waals surface area contributed by atoms with Crippen molar-refractivity contribution < 1.29 is 9.90 Å². The van der Waals surface area contributed by atoms with E-state index in [0.29, 0.717) is 11.8 Å². The van der Waals surface area contributed by atoms with Gasteiger partial charge in [0.2, 0.25) is 0 Å². The van der Waals surface area contributed by atoms with Gasteiger partial charge < -0.3 is 10.0 Å². The molecule has 0 aromatic carbocycles. The predicted molar refractivity (Wildman–Crippen MR) is 79.3 cm³/mol. The zero-order valence-corrected chi connectivity index (χ0v) is 13.1. The molecule has 0 radical (unpaired) electrons. The molecule has 0 bridgehead atoms. The van der Waals surface area contributed by atoms with Gasteiger partial charge in [0.1, 0.15) is 0 Å². The summed E-state index contributed by atoms with van der Waals surface area (Å²) in [5.41, 5.74) is -0.442. The van der Waals surface area contributed by atoms with Crippen LogP contribution in [0.1, 0.15) is 59.8 Å². The van der Waals surface area contributed by atoms with E-state index < -0.39 is 11.4 Å². The van der Waals surface area contributed by atoms with Gasteiger partial charge in [-0.25, -0.2) is 0 Å². The number of carbonyl (C=O) groups is 1. The molecule has 3 nitrogen and oxygen atoms in total. The Morgan fingerprint density at radius 2 is 1.74 bits per heavy atom. The summed E-state index contributed by atoms with van der Waals surface area (Å²) in [4.78, 5) is 14.1. The molecule has 1 N–H and O–H groups in total. The van der Waals surface area contributed by atoms with Crippen molar-refractivity contribution in [2.75, 3.05) is 19.6 Å². The lowest BCUT2D eigenvalue weighted by molar-refractivity contribution is -0.152. The monoisotopic (exact) mass is 269 g/mol. The molecule has 1 heterocycles. The van der Waals surface area contributed by atoms with Gasteiger partial charge in [0.25, 0.3) is 0 Å². The number of hydrogen-bond donors (Lipinski definition) is 1. The van der Waals surface area contributed by atoms with Crippen molar-refractivity contribution >= 4 is 5.97 Å². The Morgan fingerprint density at radius 3 is 2.16 bits per heavy atom. The first-order chi connectivity index (χ1) is 8.85. The van der Waals surface area contributed by atoms with E-state index in [1.807, 2.05) is 0 Å². The minimum absolute atomic E-state index is 0.442. The van der Waals surface area contributed by atoms with E-state index in [0.717, 1.165) is 51.7 Å². The van der Waals surface area contributed by atoms with E-state index in [-0.39, 0.29) is 0 Å². The second kappa shape index (κ2) is 7.28. The fraction of sp³-hybridized carbons (Fsp3) is 0.938. The highest BCUT2D eigenvalue weighted by Gasteiger charge is 2.40. The Hall–Kier alpha value is -0.570. The first-order valence-corrected chi connectivity index (χ1v) is 7.81. The molecule has 0 aromatic rings. The molecule has 1 aliphatic rings. The summed E-state index contributed by atoms with van der Waals surface area (Å²) in [6.45, 7) is 11.9. The maximum absolute atomic E-state index is 11.7. The van der Waals surface area contributed by atoms with Crippen LogP contribution < -0.4 is 0 Å². The molecular formula is C16H31NO2. The second-order valence-electron chi connectivity index (χ2n) is 7.07. The SMILES string of the molecule is CC(C)CCCC1(C(=O)O)CCN(CC(C)C)CC1. The first-order valence-electron chi connectivity index (χ1n) is 7.81. The molecule has 1 rings (SSSR count). The number of carboxylic acids is 1. The van der Waals surface area contributed by atoms with Crippen molar-refractivity contribution in [1.29, 1.82) is 0 Å². The van der Waals surface area contributed by atoms with Crippen LogP contribution in [-0.2, 0) is 4.79 Å². The molecule has 0 aromatic heterocycles. The first kappa shape index (κ1) is 16.5. The van der Waals surface area contributed by atoms with E-state index in [2.05, 4.69) is 32.6 Å². The molecule has 1 saturated heterocycles. The second-order valence-corrected chi connectivity index (χ2v) is 7.07. The fourth-order valence-corrected chi connectivity index (χ4v) is 3.10. The van der Waals surface area contributed by atoms with Crippen molar-refractivity contribution in [1.82, 2.24) is 4.90 Å². The lowest BCUT2D eigenvalue weighted by atomic mass is 9.74. The van der Waals surface area contributed by atoms with Gasteiger partial charge in [-0.05, 0) is 44.2 Å². The smallest absolute Gasteiger partial charge is 0.309 e. The van der Waals surface area contributed by atoms with Crippen LogP contribution in [0, 0.1) is 17.3 Å². The predicted octanol–water partition coefficient (Wildman–Crippen LogP) is 3.64. The quantitative estimate of drug-likeness (QED) is 0.767. The molecular weight excluding hydrogens is 238 g/mol. The summed E-state index contributed by atoms with van der Waals surface area (Å²) in [6.07, 6.45) is 4.70. The van der Waals surface area contributed by atoms with Crippen LogP contribution in [0.25, 0.3) is 0 Å². The number of aliphatic carboxylic acids is 1. The fourth-order valence-electron chi connectivity index (χ4n) is 3.10. The molecule has 1 aliphatic heterocycles. The van der Waals surface area contributed by atoms with E-state index in [1.54, 1.807) is 0 Å². The number of piperidine rings is 1. The van der Waals surface area contributed by atoms with Gasteiger partial charge in [0.15, 0.2) is 0 Å². The van der Waals surface area contributed by atoms with Crippen LogP contribution in [0.5, 0.6) is 0 Å². The van der Waals surface area contributed by atoms with Gasteiger partial charge in [0, 0.05) is 6.54 Å². The maximum Gasteiger partial charge on any atom is 0.309 e. The van der Waals surface area contributed by atoms with Gasteiger partial charge in [-0.3, -0.25) is 4.79 Å². The average molecular weight is 269 g/mol. The summed E-state index contributed by atoms with van der Waals surface area (Å²) in [7, 11) is 0. The largest absolute Gasteiger partial charge is 0.481 e. The van der Waals surface area contributed by atoms with E-state index in [1.165, 1.54) is 0 Å². The van der Waals surface area contributed by atoms with Crippen LogP contribution in [0.15, 0.2) is 0 Å². The Kier molecular flexibility index (Phi) is 6.31. The van der Waals surface area contributed by atoms with Gasteiger partial charge in [-0.15, -0.1) is 0 Å². The van der Waals surface area contributed by atoms with Crippen molar-refractivity contribution in [2.45, 2.75) is 59.8 Å². The number of carboxylic acid groups (broad SMARTS) is 1. The third-order valence-electron chi connectivity index (χ3n) is 4.33. The molecule has 0 spiro atoms.